The summed E-state index contributed by atoms with van der Waals surface area (Å²) >= 11 is 0. The maximum Gasteiger partial charge on any atom is 0.573 e. The van der Waals surface area contributed by atoms with Gasteiger partial charge in [-0.25, -0.2) is 9.78 Å². The summed E-state index contributed by atoms with van der Waals surface area (Å²) in [5.41, 5.74) is 3.48. The Morgan fingerprint density at radius 2 is 1.67 bits per heavy atom. The molecule has 0 fully saturated rings. The van der Waals surface area contributed by atoms with Gasteiger partial charge in [0.25, 0.3) is 0 Å². The van der Waals surface area contributed by atoms with Gasteiger partial charge in [0.1, 0.15) is 17.0 Å². The summed E-state index contributed by atoms with van der Waals surface area (Å²) in [6, 6.07) is 15.5. The van der Waals surface area contributed by atoms with Gasteiger partial charge in [-0.2, -0.15) is 0 Å². The predicted octanol–water partition coefficient (Wildman–Crippen LogP) is 7.31. The summed E-state index contributed by atoms with van der Waals surface area (Å²) in [6.07, 6.45) is -2.23. The zero-order chi connectivity index (χ0) is 30.1. The molecule has 0 bridgehead atoms. The van der Waals surface area contributed by atoms with E-state index in [1.165, 1.54) is 31.4 Å². The van der Waals surface area contributed by atoms with Crippen molar-refractivity contribution in [1.29, 1.82) is 0 Å². The molecular formula is C30H30F3N3O6. The highest BCUT2D eigenvalue weighted by Gasteiger charge is 2.31. The van der Waals surface area contributed by atoms with Gasteiger partial charge < -0.3 is 29.3 Å². The lowest BCUT2D eigenvalue weighted by molar-refractivity contribution is -0.274. The first kappa shape index (κ1) is 30.2. The number of halogens is 3. The smallest absolute Gasteiger partial charge is 0.495 e. The van der Waals surface area contributed by atoms with Crippen molar-refractivity contribution in [2.75, 3.05) is 25.6 Å². The summed E-state index contributed by atoms with van der Waals surface area (Å²) in [6.45, 7) is 2.56. The predicted molar refractivity (Wildman–Crippen MR) is 150 cm³/mol. The first-order valence-corrected chi connectivity index (χ1v) is 13.3. The van der Waals surface area contributed by atoms with E-state index in [-0.39, 0.29) is 11.7 Å². The largest absolute Gasteiger partial charge is 0.573 e. The summed E-state index contributed by atoms with van der Waals surface area (Å²) in [7, 11) is 1.49. The van der Waals surface area contributed by atoms with Gasteiger partial charge in [-0.05, 0) is 73.4 Å². The fourth-order valence-corrected chi connectivity index (χ4v) is 4.19. The van der Waals surface area contributed by atoms with Crippen LogP contribution in [0.1, 0.15) is 32.6 Å². The van der Waals surface area contributed by atoms with Crippen molar-refractivity contribution in [1.82, 2.24) is 10.3 Å². The number of amides is 2. The number of fused-ring (bicyclic) bond motifs is 1. The second kappa shape index (κ2) is 13.7. The van der Waals surface area contributed by atoms with Crippen LogP contribution >= 0.6 is 0 Å². The lowest BCUT2D eigenvalue weighted by Gasteiger charge is -2.12. The summed E-state index contributed by atoms with van der Waals surface area (Å²) in [5.74, 6) is 0.228. The number of benzene rings is 3. The molecular weight excluding hydrogens is 555 g/mol. The van der Waals surface area contributed by atoms with Crippen LogP contribution in [0.5, 0.6) is 11.5 Å². The molecule has 0 unspecified atom stereocenters. The molecule has 12 heteroatoms. The molecule has 1 heterocycles. The number of aromatic nitrogens is 1. The fourth-order valence-electron chi connectivity index (χ4n) is 4.19. The number of nitrogens with zero attached hydrogens (tertiary/aromatic N) is 1. The van der Waals surface area contributed by atoms with E-state index in [9.17, 15) is 22.8 Å². The number of nitrogens with one attached hydrogen (secondary N) is 2. The van der Waals surface area contributed by atoms with Crippen LogP contribution in [0.15, 0.2) is 65.1 Å². The number of carbonyl (C=O) groups excluding carboxylic acids is 2. The molecule has 1 aromatic heterocycles. The Bertz CT molecular complexity index is 1520. The Labute approximate surface area is 240 Å². The average Bonchev–Trinajstić information content (AvgIpc) is 3.38. The van der Waals surface area contributed by atoms with Crippen molar-refractivity contribution in [3.63, 3.8) is 0 Å². The normalized spacial score (nSPS) is 11.3. The van der Waals surface area contributed by atoms with Gasteiger partial charge in [-0.1, -0.05) is 24.6 Å². The summed E-state index contributed by atoms with van der Waals surface area (Å²) in [5, 5.41) is 5.57. The van der Waals surface area contributed by atoms with Crippen molar-refractivity contribution in [2.45, 2.75) is 39.0 Å². The zero-order valence-corrected chi connectivity index (χ0v) is 23.0. The highest BCUT2D eigenvalue weighted by Crippen LogP contribution is 2.33. The molecule has 0 aliphatic carbocycles. The quantitative estimate of drug-likeness (QED) is 0.132. The molecule has 0 atom stereocenters. The van der Waals surface area contributed by atoms with E-state index in [4.69, 9.17) is 13.9 Å². The van der Waals surface area contributed by atoms with E-state index in [2.05, 4.69) is 20.4 Å². The monoisotopic (exact) mass is 585 g/mol. The third-order valence-corrected chi connectivity index (χ3v) is 6.15. The van der Waals surface area contributed by atoms with Crippen LogP contribution in [0, 0.1) is 0 Å². The van der Waals surface area contributed by atoms with Crippen LogP contribution < -0.4 is 20.1 Å². The van der Waals surface area contributed by atoms with Gasteiger partial charge in [0.15, 0.2) is 5.58 Å². The van der Waals surface area contributed by atoms with Gasteiger partial charge >= 0.3 is 18.4 Å². The topological polar surface area (TPSA) is 112 Å². The Morgan fingerprint density at radius 1 is 0.929 bits per heavy atom. The highest BCUT2D eigenvalue weighted by atomic mass is 19.4. The second-order valence-corrected chi connectivity index (χ2v) is 9.19. The van der Waals surface area contributed by atoms with Crippen LogP contribution in [0.4, 0.5) is 23.7 Å². The lowest BCUT2D eigenvalue weighted by atomic mass is 10.1. The van der Waals surface area contributed by atoms with Gasteiger partial charge in [-0.3, -0.25) is 4.79 Å². The number of carbonyl (C=O) groups is 2. The van der Waals surface area contributed by atoms with Crippen molar-refractivity contribution >= 4 is 28.8 Å². The summed E-state index contributed by atoms with van der Waals surface area (Å²) in [4.78, 5) is 28.5. The van der Waals surface area contributed by atoms with Gasteiger partial charge in [-0.15, -0.1) is 13.2 Å². The number of hydrogen-bond acceptors (Lipinski definition) is 7. The van der Waals surface area contributed by atoms with Gasteiger partial charge in [0.2, 0.25) is 5.89 Å². The molecule has 0 aliphatic rings. The Morgan fingerprint density at radius 3 is 2.38 bits per heavy atom. The third-order valence-electron chi connectivity index (χ3n) is 6.15. The molecule has 2 N–H and O–H groups in total. The number of ether oxygens (including phenoxy) is 3. The molecule has 0 radical (unpaired) electrons. The molecule has 0 spiro atoms. The number of alkyl halides is 3. The minimum Gasteiger partial charge on any atom is -0.495 e. The van der Waals surface area contributed by atoms with Gasteiger partial charge in [0.05, 0.1) is 19.4 Å². The molecule has 222 valence electrons. The maximum atomic E-state index is 12.5. The highest BCUT2D eigenvalue weighted by molar-refractivity contribution is 5.92. The van der Waals surface area contributed by atoms with E-state index >= 15 is 0 Å². The van der Waals surface area contributed by atoms with E-state index < -0.39 is 12.4 Å². The number of urea groups is 1. The molecule has 0 saturated heterocycles. The van der Waals surface area contributed by atoms with E-state index in [1.807, 2.05) is 0 Å². The Kier molecular flexibility index (Phi) is 9.89. The molecule has 4 rings (SSSR count). The van der Waals surface area contributed by atoms with Crippen LogP contribution in [0.3, 0.4) is 0 Å². The number of oxazole rings is 1. The van der Waals surface area contributed by atoms with E-state index in [1.54, 1.807) is 43.3 Å². The Hall–Kier alpha value is -4.74. The second-order valence-electron chi connectivity index (χ2n) is 9.19. The van der Waals surface area contributed by atoms with Crippen LogP contribution in [0.25, 0.3) is 33.7 Å². The van der Waals surface area contributed by atoms with Crippen LogP contribution in [-0.4, -0.2) is 43.6 Å². The van der Waals surface area contributed by atoms with Crippen LogP contribution in [0.2, 0.25) is 0 Å². The molecule has 9 nitrogen and oxygen atoms in total. The average molecular weight is 586 g/mol. The summed E-state index contributed by atoms with van der Waals surface area (Å²) < 4.78 is 57.5. The fraction of sp³-hybridized carbons (Fsp3) is 0.300. The van der Waals surface area contributed by atoms with Gasteiger partial charge in [0, 0.05) is 18.5 Å². The Balaban J connectivity index is 1.40. The number of hydrogen-bond donors (Lipinski definition) is 2. The number of methoxy groups -OCH3 is 1. The minimum atomic E-state index is -4.76. The molecule has 4 aromatic rings. The zero-order valence-electron chi connectivity index (χ0n) is 23.0. The molecule has 2 amide bonds. The number of esters is 1. The number of anilines is 1. The number of rotatable bonds is 12. The molecule has 3 aromatic carbocycles. The molecule has 42 heavy (non-hydrogen) atoms. The maximum absolute atomic E-state index is 12.5. The number of unbranched alkanes of at least 4 members (excludes halogenated alkanes) is 2. The van der Waals surface area contributed by atoms with Crippen molar-refractivity contribution in [3.05, 3.63) is 60.7 Å². The van der Waals surface area contributed by atoms with Crippen molar-refractivity contribution in [2.24, 2.45) is 0 Å². The standard InChI is InChI=1S/C30H30F3N3O6/c1-3-40-27(37)7-5-4-6-16-34-29(38)36-23-18-21(11-14-25(23)39-2)28-35-24-17-20(10-15-26(24)41-28)19-8-12-22(13-9-19)42-30(31,32)33/h8-15,17-18H,3-7,16H2,1-2H3,(H2,34,36,38). The van der Waals surface area contributed by atoms with Crippen molar-refractivity contribution < 1.29 is 41.4 Å². The van der Waals surface area contributed by atoms with Crippen molar-refractivity contribution in [3.8, 4) is 34.1 Å². The molecule has 0 aliphatic heterocycles. The molecule has 0 saturated carbocycles. The minimum absolute atomic E-state index is 0.220. The first-order valence-electron chi connectivity index (χ1n) is 13.3. The van der Waals surface area contributed by atoms with E-state index in [0.29, 0.717) is 72.0 Å². The first-order chi connectivity index (χ1) is 20.1. The van der Waals surface area contributed by atoms with E-state index in [0.717, 1.165) is 12.0 Å². The lowest BCUT2D eigenvalue weighted by Crippen LogP contribution is -2.29. The third kappa shape index (κ3) is 8.38. The SMILES string of the molecule is CCOC(=O)CCCCCNC(=O)Nc1cc(-c2nc3cc(-c4ccc(OC(F)(F)F)cc4)ccc3o2)ccc1OC. The van der Waals surface area contributed by atoms with Crippen LogP contribution in [-0.2, 0) is 9.53 Å².